The summed E-state index contributed by atoms with van der Waals surface area (Å²) in [6.07, 6.45) is 0. The minimum absolute atomic E-state index is 0.0459. The van der Waals surface area contributed by atoms with Crippen LogP contribution in [0.25, 0.3) is 16.6 Å². The van der Waals surface area contributed by atoms with Gasteiger partial charge >= 0.3 is 0 Å². The Morgan fingerprint density at radius 1 is 1.22 bits per heavy atom. The first kappa shape index (κ1) is 18.0. The molecule has 0 saturated heterocycles. The van der Waals surface area contributed by atoms with Gasteiger partial charge in [-0.1, -0.05) is 33.3 Å². The van der Waals surface area contributed by atoms with Gasteiger partial charge in [0.25, 0.3) is 11.5 Å². The maximum absolute atomic E-state index is 13.8. The Bertz CT molecular complexity index is 1340. The monoisotopic (exact) mass is 467 g/mol. The molecule has 4 aromatic rings. The van der Waals surface area contributed by atoms with E-state index < -0.39 is 28.8 Å². The summed E-state index contributed by atoms with van der Waals surface area (Å²) in [4.78, 5) is 27.7. The van der Waals surface area contributed by atoms with E-state index in [1.807, 2.05) is 0 Å². The number of para-hydroxylation sites is 1. The molecule has 0 fully saturated rings. The van der Waals surface area contributed by atoms with Crippen LogP contribution in [0.15, 0.2) is 45.7 Å². The smallest absolute Gasteiger partial charge is 0.269 e. The Morgan fingerprint density at radius 2 is 1.93 bits per heavy atom. The number of carbonyl (C=O) groups is 1. The zero-order valence-corrected chi connectivity index (χ0v) is 16.4. The van der Waals surface area contributed by atoms with Crippen LogP contribution in [-0.2, 0) is 0 Å². The van der Waals surface area contributed by atoms with Crippen LogP contribution in [0, 0.1) is 15.6 Å². The molecule has 1 amide bonds. The number of amides is 1. The quantitative estimate of drug-likeness (QED) is 0.413. The lowest BCUT2D eigenvalue weighted by molar-refractivity contribution is 0.103. The molecule has 10 heteroatoms. The number of fused-ring (bicyclic) bond motifs is 3. The van der Waals surface area contributed by atoms with Crippen molar-refractivity contribution in [1.82, 2.24) is 9.38 Å². The van der Waals surface area contributed by atoms with Gasteiger partial charge in [0.05, 0.1) is 10.9 Å². The lowest BCUT2D eigenvalue weighted by Crippen LogP contribution is -2.16. The fourth-order valence-electron chi connectivity index (χ4n) is 2.71. The third-order valence-corrected chi connectivity index (χ3v) is 5.76. The molecule has 2 aromatic carbocycles. The number of carbonyl (C=O) groups excluding carboxylic acids is 1. The lowest BCUT2D eigenvalue weighted by atomic mass is 10.2. The number of nitrogens with zero attached hydrogens (tertiary/aromatic N) is 1. The average Bonchev–Trinajstić information content (AvgIpc) is 2.95. The summed E-state index contributed by atoms with van der Waals surface area (Å²) in [6, 6.07) is 8.34. The van der Waals surface area contributed by atoms with E-state index in [1.54, 1.807) is 22.6 Å². The molecule has 2 heterocycles. The average molecular weight is 468 g/mol. The topological polar surface area (TPSA) is 66.4 Å². The summed E-state index contributed by atoms with van der Waals surface area (Å²) in [7, 11) is 0. The highest BCUT2D eigenvalue weighted by Crippen LogP contribution is 2.26. The van der Waals surface area contributed by atoms with Crippen LogP contribution in [0.4, 0.5) is 14.5 Å². The van der Waals surface area contributed by atoms with Crippen molar-refractivity contribution in [2.24, 2.45) is 0 Å². The van der Waals surface area contributed by atoms with Crippen molar-refractivity contribution in [3.05, 3.63) is 71.7 Å². The van der Waals surface area contributed by atoms with Gasteiger partial charge in [-0.2, -0.15) is 0 Å². The minimum Gasteiger partial charge on any atom is -0.316 e. The summed E-state index contributed by atoms with van der Waals surface area (Å²) in [5.41, 5.74) is -0.286. The number of rotatable bonds is 2. The van der Waals surface area contributed by atoms with Crippen LogP contribution in [-0.4, -0.2) is 15.3 Å². The molecular weight excluding hydrogens is 460 g/mol. The number of thiazole rings is 1. The van der Waals surface area contributed by atoms with E-state index in [-0.39, 0.29) is 10.5 Å². The molecule has 0 saturated carbocycles. The van der Waals surface area contributed by atoms with E-state index >= 15 is 0 Å². The highest BCUT2D eigenvalue weighted by molar-refractivity contribution is 9.10. The van der Waals surface area contributed by atoms with Gasteiger partial charge in [0.2, 0.25) is 0 Å². The van der Waals surface area contributed by atoms with Gasteiger partial charge in [0.15, 0.2) is 3.95 Å². The Kier molecular flexibility index (Phi) is 4.41. The second-order valence-electron chi connectivity index (χ2n) is 5.55. The lowest BCUT2D eigenvalue weighted by Gasteiger charge is -2.07. The highest BCUT2D eigenvalue weighted by atomic mass is 79.9. The van der Waals surface area contributed by atoms with Crippen LogP contribution in [0.3, 0.4) is 0 Å². The third-order valence-electron chi connectivity index (χ3n) is 3.89. The van der Waals surface area contributed by atoms with E-state index in [1.165, 1.54) is 6.07 Å². The van der Waals surface area contributed by atoms with Gasteiger partial charge in [-0.15, -0.1) is 0 Å². The van der Waals surface area contributed by atoms with E-state index in [2.05, 4.69) is 26.2 Å². The number of benzene rings is 2. The van der Waals surface area contributed by atoms with Gasteiger partial charge in [-0.3, -0.25) is 14.0 Å². The summed E-state index contributed by atoms with van der Waals surface area (Å²) >= 11 is 9.57. The van der Waals surface area contributed by atoms with Crippen molar-refractivity contribution >= 4 is 67.6 Å². The number of nitrogens with one attached hydrogen (secondary N) is 2. The van der Waals surface area contributed by atoms with Crippen molar-refractivity contribution in [3.63, 3.8) is 0 Å². The number of hydrogen-bond donors (Lipinski definition) is 2. The third kappa shape index (κ3) is 2.99. The molecule has 2 aromatic heterocycles. The van der Waals surface area contributed by atoms with Crippen molar-refractivity contribution in [2.45, 2.75) is 0 Å². The number of hydrogen-bond acceptors (Lipinski definition) is 4. The molecular formula is C17H8BrF2N3O2S2. The molecule has 0 aliphatic heterocycles. The maximum Gasteiger partial charge on any atom is 0.269 e. The van der Waals surface area contributed by atoms with E-state index in [0.29, 0.717) is 14.9 Å². The molecule has 27 heavy (non-hydrogen) atoms. The Labute approximate surface area is 167 Å². The second-order valence-corrected chi connectivity index (χ2v) is 8.11. The van der Waals surface area contributed by atoms with Gasteiger partial charge in [-0.05, 0) is 42.5 Å². The summed E-state index contributed by atoms with van der Waals surface area (Å²) < 4.78 is 30.2. The van der Waals surface area contributed by atoms with Crippen LogP contribution in [0.5, 0.6) is 0 Å². The molecule has 0 aliphatic carbocycles. The van der Waals surface area contributed by atoms with E-state index in [0.717, 1.165) is 27.9 Å². The van der Waals surface area contributed by atoms with E-state index in [4.69, 9.17) is 12.2 Å². The van der Waals surface area contributed by atoms with Gasteiger partial charge in [0.1, 0.15) is 27.8 Å². The van der Waals surface area contributed by atoms with Crippen molar-refractivity contribution in [1.29, 1.82) is 0 Å². The van der Waals surface area contributed by atoms with Crippen molar-refractivity contribution in [2.75, 3.05) is 5.32 Å². The van der Waals surface area contributed by atoms with Crippen LogP contribution in [0.1, 0.15) is 9.67 Å². The first-order chi connectivity index (χ1) is 12.9. The molecule has 0 bridgehead atoms. The van der Waals surface area contributed by atoms with Crippen LogP contribution < -0.4 is 10.9 Å². The van der Waals surface area contributed by atoms with E-state index in [9.17, 15) is 18.4 Å². The van der Waals surface area contributed by atoms with Crippen molar-refractivity contribution in [3.8, 4) is 0 Å². The maximum atomic E-state index is 13.8. The van der Waals surface area contributed by atoms with Gasteiger partial charge < -0.3 is 10.3 Å². The molecule has 136 valence electrons. The molecule has 0 aliphatic rings. The highest BCUT2D eigenvalue weighted by Gasteiger charge is 2.20. The SMILES string of the molecule is O=C(Nc1c(F)cccc1F)c1sc(=S)n2c1[nH]c(=O)c1cc(Br)ccc12. The largest absolute Gasteiger partial charge is 0.316 e. The molecule has 0 spiro atoms. The number of H-pyrrole nitrogens is 1. The first-order valence-electron chi connectivity index (χ1n) is 7.49. The number of halogens is 3. The number of aromatic nitrogens is 2. The molecule has 0 radical (unpaired) electrons. The summed E-state index contributed by atoms with van der Waals surface area (Å²) in [5.74, 6) is -2.58. The predicted molar refractivity (Wildman–Crippen MR) is 106 cm³/mol. The summed E-state index contributed by atoms with van der Waals surface area (Å²) in [5, 5.41) is 2.60. The van der Waals surface area contributed by atoms with Crippen LogP contribution in [0.2, 0.25) is 0 Å². The first-order valence-corrected chi connectivity index (χ1v) is 9.51. The summed E-state index contributed by atoms with van der Waals surface area (Å²) in [6.45, 7) is 0. The zero-order chi connectivity index (χ0) is 19.3. The van der Waals surface area contributed by atoms with Gasteiger partial charge in [-0.25, -0.2) is 8.78 Å². The fraction of sp³-hybridized carbons (Fsp3) is 0. The van der Waals surface area contributed by atoms with Gasteiger partial charge in [0, 0.05) is 4.47 Å². The van der Waals surface area contributed by atoms with Crippen molar-refractivity contribution < 1.29 is 13.6 Å². The molecule has 4 rings (SSSR count). The standard InChI is InChI=1S/C17H8BrF2N3O2S2/c18-7-4-5-11-8(6-7)15(24)22-14-13(27-17(26)23(11)14)16(25)21-12-9(19)2-1-3-10(12)20/h1-6H,(H,21,25)(H,22,24). The molecule has 5 nitrogen and oxygen atoms in total. The number of aromatic amines is 1. The predicted octanol–water partition coefficient (Wildman–Crippen LogP) is 4.86. The number of anilines is 1. The molecule has 0 atom stereocenters. The second kappa shape index (κ2) is 6.63. The Hall–Kier alpha value is -2.43. The fourth-order valence-corrected chi connectivity index (χ4v) is 4.35. The normalized spacial score (nSPS) is 11.2. The minimum atomic E-state index is -0.903. The van der Waals surface area contributed by atoms with Crippen LogP contribution >= 0.6 is 39.5 Å². The Balaban J connectivity index is 1.92. The Morgan fingerprint density at radius 3 is 2.63 bits per heavy atom. The molecule has 0 unspecified atom stereocenters. The molecule has 2 N–H and O–H groups in total. The zero-order valence-electron chi connectivity index (χ0n) is 13.2.